The van der Waals surface area contributed by atoms with E-state index in [0.717, 1.165) is 49.3 Å². The fourth-order valence-corrected chi connectivity index (χ4v) is 10.2. The topological polar surface area (TPSA) is 18.5 Å². The molecule has 0 unspecified atom stereocenters. The van der Waals surface area contributed by atoms with Crippen LogP contribution < -0.4 is 0 Å². The van der Waals surface area contributed by atoms with Crippen LogP contribution in [0.5, 0.6) is 0 Å². The Labute approximate surface area is 197 Å². The molecular formula is C28H56O2Si. The van der Waals surface area contributed by atoms with Crippen molar-refractivity contribution in [2.24, 2.45) is 0 Å². The maximum atomic E-state index is 5.68. The van der Waals surface area contributed by atoms with E-state index in [9.17, 15) is 0 Å². The molecule has 0 aliphatic rings. The molecule has 0 heterocycles. The third-order valence-corrected chi connectivity index (χ3v) is 13.0. The summed E-state index contributed by atoms with van der Waals surface area (Å²) in [5, 5.41) is 0. The molecule has 31 heavy (non-hydrogen) atoms. The van der Waals surface area contributed by atoms with E-state index >= 15 is 0 Å². The lowest BCUT2D eigenvalue weighted by atomic mass is 10.1. The average Bonchev–Trinajstić information content (AvgIpc) is 2.68. The quantitative estimate of drug-likeness (QED) is 0.111. The zero-order chi connectivity index (χ0) is 23.5. The Balaban J connectivity index is 3.60. The lowest BCUT2D eigenvalue weighted by Gasteiger charge is -2.38. The molecule has 0 N–H and O–H groups in total. The van der Waals surface area contributed by atoms with Crippen LogP contribution in [-0.4, -0.2) is 34.0 Å². The van der Waals surface area contributed by atoms with Gasteiger partial charge < -0.3 is 9.47 Å². The van der Waals surface area contributed by atoms with Crippen molar-refractivity contribution < 1.29 is 9.47 Å². The van der Waals surface area contributed by atoms with E-state index in [4.69, 9.17) is 9.47 Å². The van der Waals surface area contributed by atoms with Crippen LogP contribution in [0.4, 0.5) is 0 Å². The van der Waals surface area contributed by atoms with Crippen molar-refractivity contribution in [3.63, 3.8) is 0 Å². The zero-order valence-electron chi connectivity index (χ0n) is 22.5. The monoisotopic (exact) mass is 452 g/mol. The second kappa shape index (κ2) is 19.2. The SMILES string of the molecule is CC(C)OCCCOCCCCCCCCCCCC#C[Si](C(C)C)(C(C)C)C(C)C. The second-order valence-electron chi connectivity index (χ2n) is 10.5. The highest BCUT2D eigenvalue weighted by Crippen LogP contribution is 2.40. The van der Waals surface area contributed by atoms with Crippen molar-refractivity contribution in [3.8, 4) is 11.5 Å². The van der Waals surface area contributed by atoms with Crippen LogP contribution in [-0.2, 0) is 9.47 Å². The van der Waals surface area contributed by atoms with Crippen LogP contribution in [0.15, 0.2) is 0 Å². The second-order valence-corrected chi connectivity index (χ2v) is 16.1. The van der Waals surface area contributed by atoms with Crippen molar-refractivity contribution in [3.05, 3.63) is 0 Å². The molecule has 0 aromatic heterocycles. The van der Waals surface area contributed by atoms with E-state index in [0.29, 0.717) is 6.10 Å². The summed E-state index contributed by atoms with van der Waals surface area (Å²) in [7, 11) is -1.52. The Morgan fingerprint density at radius 3 is 1.48 bits per heavy atom. The Hall–Kier alpha value is -0.303. The van der Waals surface area contributed by atoms with Gasteiger partial charge in [-0.1, -0.05) is 86.5 Å². The third kappa shape index (κ3) is 14.5. The molecular weight excluding hydrogens is 396 g/mol. The van der Waals surface area contributed by atoms with E-state index in [1.54, 1.807) is 0 Å². The summed E-state index contributed by atoms with van der Waals surface area (Å²) in [5.74, 6) is 3.61. The summed E-state index contributed by atoms with van der Waals surface area (Å²) < 4.78 is 11.2. The van der Waals surface area contributed by atoms with Gasteiger partial charge in [0.15, 0.2) is 0 Å². The summed E-state index contributed by atoms with van der Waals surface area (Å²) >= 11 is 0. The molecule has 0 aliphatic heterocycles. The molecule has 0 atom stereocenters. The lowest BCUT2D eigenvalue weighted by molar-refractivity contribution is 0.0507. The van der Waals surface area contributed by atoms with Gasteiger partial charge in [-0.15, -0.1) is 11.5 Å². The van der Waals surface area contributed by atoms with E-state index in [-0.39, 0.29) is 0 Å². The highest BCUT2D eigenvalue weighted by Gasteiger charge is 2.41. The van der Waals surface area contributed by atoms with Gasteiger partial charge >= 0.3 is 0 Å². The van der Waals surface area contributed by atoms with E-state index in [1.165, 1.54) is 57.8 Å². The van der Waals surface area contributed by atoms with Gasteiger partial charge in [-0.05, 0) is 49.7 Å². The molecule has 0 saturated carbocycles. The molecule has 0 spiro atoms. The van der Waals surface area contributed by atoms with Gasteiger partial charge in [-0.25, -0.2) is 0 Å². The first-order valence-corrected chi connectivity index (χ1v) is 15.7. The van der Waals surface area contributed by atoms with Crippen LogP contribution in [0.3, 0.4) is 0 Å². The highest BCUT2D eigenvalue weighted by molar-refractivity contribution is 6.90. The fourth-order valence-electron chi connectivity index (χ4n) is 4.89. The van der Waals surface area contributed by atoms with Gasteiger partial charge in [0.25, 0.3) is 0 Å². The maximum absolute atomic E-state index is 5.68. The lowest BCUT2D eigenvalue weighted by Crippen LogP contribution is -2.43. The average molecular weight is 453 g/mol. The number of unbranched alkanes of at least 4 members (excludes halogenated alkanes) is 9. The van der Waals surface area contributed by atoms with Gasteiger partial charge in [0.2, 0.25) is 0 Å². The molecule has 3 heteroatoms. The minimum absolute atomic E-state index is 0.333. The zero-order valence-corrected chi connectivity index (χ0v) is 23.5. The summed E-state index contributed by atoms with van der Waals surface area (Å²) in [4.78, 5) is 0. The minimum atomic E-state index is -1.52. The normalized spacial score (nSPS) is 12.3. The molecule has 0 aromatic carbocycles. The largest absolute Gasteiger partial charge is 0.381 e. The molecule has 0 amide bonds. The molecule has 2 nitrogen and oxygen atoms in total. The summed E-state index contributed by atoms with van der Waals surface area (Å²) in [6.07, 6.45) is 14.5. The van der Waals surface area contributed by atoms with Gasteiger partial charge in [-0.2, -0.15) is 0 Å². The van der Waals surface area contributed by atoms with Crippen LogP contribution in [0.1, 0.15) is 126 Å². The Kier molecular flexibility index (Phi) is 19.0. The van der Waals surface area contributed by atoms with Gasteiger partial charge in [0.1, 0.15) is 8.07 Å². The Morgan fingerprint density at radius 2 is 1.00 bits per heavy atom. The number of hydrogen-bond donors (Lipinski definition) is 0. The first-order valence-electron chi connectivity index (χ1n) is 13.4. The molecule has 0 aromatic rings. The summed E-state index contributed by atoms with van der Waals surface area (Å²) in [6, 6.07) is 0. The third-order valence-electron chi connectivity index (χ3n) is 6.65. The molecule has 0 rings (SSSR count). The van der Waals surface area contributed by atoms with Crippen molar-refractivity contribution in [2.45, 2.75) is 149 Å². The smallest absolute Gasteiger partial charge is 0.145 e. The van der Waals surface area contributed by atoms with Gasteiger partial charge in [0.05, 0.1) is 6.10 Å². The standard InChI is InChI=1S/C28H56O2Si/c1-25(2)30-23-20-22-29-21-18-16-14-12-10-9-11-13-15-17-19-24-31(26(3)4,27(5)6)28(7)8/h25-28H,9-18,20-23H2,1-8H3. The predicted octanol–water partition coefficient (Wildman–Crippen LogP) is 8.94. The maximum Gasteiger partial charge on any atom is 0.145 e. The van der Waals surface area contributed by atoms with Gasteiger partial charge in [0, 0.05) is 26.2 Å². The van der Waals surface area contributed by atoms with Crippen LogP contribution in [0, 0.1) is 11.5 Å². The summed E-state index contributed by atoms with van der Waals surface area (Å²) in [5.41, 5.74) is 6.10. The van der Waals surface area contributed by atoms with Gasteiger partial charge in [-0.3, -0.25) is 0 Å². The van der Waals surface area contributed by atoms with Crippen LogP contribution in [0.2, 0.25) is 16.6 Å². The van der Waals surface area contributed by atoms with E-state index in [2.05, 4.69) is 66.9 Å². The minimum Gasteiger partial charge on any atom is -0.381 e. The number of rotatable bonds is 19. The first-order chi connectivity index (χ1) is 14.7. The van der Waals surface area contributed by atoms with Crippen molar-refractivity contribution in [2.75, 3.05) is 19.8 Å². The number of hydrogen-bond acceptors (Lipinski definition) is 2. The molecule has 0 bridgehead atoms. The van der Waals surface area contributed by atoms with Crippen molar-refractivity contribution in [1.82, 2.24) is 0 Å². The van der Waals surface area contributed by atoms with E-state index < -0.39 is 8.07 Å². The molecule has 0 saturated heterocycles. The fraction of sp³-hybridized carbons (Fsp3) is 0.929. The van der Waals surface area contributed by atoms with Crippen molar-refractivity contribution in [1.29, 1.82) is 0 Å². The van der Waals surface area contributed by atoms with Crippen LogP contribution >= 0.6 is 0 Å². The molecule has 0 radical (unpaired) electrons. The Bertz CT molecular complexity index is 438. The molecule has 0 fully saturated rings. The number of ether oxygens (including phenoxy) is 2. The van der Waals surface area contributed by atoms with Crippen LogP contribution in [0.25, 0.3) is 0 Å². The predicted molar refractivity (Wildman–Crippen MR) is 142 cm³/mol. The highest BCUT2D eigenvalue weighted by atomic mass is 28.3. The Morgan fingerprint density at radius 1 is 0.548 bits per heavy atom. The van der Waals surface area contributed by atoms with E-state index in [1.807, 2.05) is 0 Å². The first kappa shape index (κ1) is 30.7. The molecule has 0 aliphatic carbocycles. The summed E-state index contributed by atoms with van der Waals surface area (Å²) in [6.45, 7) is 21.1. The molecule has 184 valence electrons. The van der Waals surface area contributed by atoms with Crippen molar-refractivity contribution >= 4 is 8.07 Å².